The molecule has 0 aliphatic heterocycles. The van der Waals surface area contributed by atoms with Gasteiger partial charge in [0.25, 0.3) is 5.56 Å². The molecule has 0 radical (unpaired) electrons. The molecule has 0 saturated heterocycles. The number of hydrogen-bond donors (Lipinski definition) is 1. The minimum Gasteiger partial charge on any atom is -0.476 e. The second-order valence-corrected chi connectivity index (χ2v) is 3.83. The summed E-state index contributed by atoms with van der Waals surface area (Å²) in [5.74, 6) is -1.07. The zero-order valence-electron chi connectivity index (χ0n) is 8.03. The van der Waals surface area contributed by atoms with Gasteiger partial charge in [0.15, 0.2) is 0 Å². The highest BCUT2D eigenvalue weighted by Crippen LogP contribution is 2.09. The van der Waals surface area contributed by atoms with Crippen molar-refractivity contribution < 1.29 is 9.90 Å². The van der Waals surface area contributed by atoms with Crippen LogP contribution in [0.5, 0.6) is 0 Å². The van der Waals surface area contributed by atoms with Crippen molar-refractivity contribution in [1.82, 2.24) is 14.8 Å². The van der Waals surface area contributed by atoms with Crippen molar-refractivity contribution in [3.63, 3.8) is 0 Å². The highest BCUT2D eigenvalue weighted by atomic mass is 32.1. The van der Waals surface area contributed by atoms with Crippen LogP contribution in [0.4, 0.5) is 0 Å². The van der Waals surface area contributed by atoms with Gasteiger partial charge in [-0.3, -0.25) is 4.79 Å². The molecule has 0 amide bonds. The molecule has 0 aromatic carbocycles. The molecule has 0 bridgehead atoms. The summed E-state index contributed by atoms with van der Waals surface area (Å²) in [5.41, 5.74) is 0.274. The van der Waals surface area contributed by atoms with Crippen LogP contribution in [0.1, 0.15) is 15.5 Å². The third-order valence-electron chi connectivity index (χ3n) is 1.83. The first-order valence-electron chi connectivity index (χ1n) is 4.36. The molecule has 7 heteroatoms. The fourth-order valence-corrected chi connectivity index (χ4v) is 1.78. The number of carboxylic acids is 1. The smallest absolute Gasteiger partial charge is 0.365 e. The summed E-state index contributed by atoms with van der Waals surface area (Å²) in [6.07, 6.45) is 1.49. The van der Waals surface area contributed by atoms with E-state index >= 15 is 0 Å². The average Bonchev–Trinajstić information content (AvgIpc) is 2.70. The Bertz CT molecular complexity index is 575. The maximum absolute atomic E-state index is 11.3. The van der Waals surface area contributed by atoms with E-state index in [1.165, 1.54) is 16.9 Å². The van der Waals surface area contributed by atoms with E-state index in [1.54, 1.807) is 11.4 Å². The summed E-state index contributed by atoms with van der Waals surface area (Å²) >= 11 is 1.03. The number of rotatable bonds is 3. The fourth-order valence-electron chi connectivity index (χ4n) is 1.14. The highest BCUT2D eigenvalue weighted by Gasteiger charge is 2.09. The molecule has 2 heterocycles. The van der Waals surface area contributed by atoms with Gasteiger partial charge in [0.2, 0.25) is 5.01 Å². The van der Waals surface area contributed by atoms with Crippen LogP contribution in [0.3, 0.4) is 0 Å². The largest absolute Gasteiger partial charge is 0.476 e. The molecular formula is C9H7N3O3S. The summed E-state index contributed by atoms with van der Waals surface area (Å²) in [5, 5.41) is 14.1. The van der Waals surface area contributed by atoms with E-state index in [9.17, 15) is 9.59 Å². The van der Waals surface area contributed by atoms with E-state index in [0.29, 0.717) is 5.69 Å². The summed E-state index contributed by atoms with van der Waals surface area (Å²) in [6, 6.07) is 2.93. The quantitative estimate of drug-likeness (QED) is 0.837. The molecule has 1 N–H and O–H groups in total. The standard InChI is InChI=1S/C9H7N3O3S/c13-7-2-1-3-10-12(7)4-6-5-16-8(11-6)9(14)15/h1-3,5H,4H2,(H,14,15). The predicted octanol–water partition coefficient (Wildman–Crippen LogP) is 0.446. The van der Waals surface area contributed by atoms with Gasteiger partial charge in [0.1, 0.15) is 0 Å². The van der Waals surface area contributed by atoms with Gasteiger partial charge in [-0.1, -0.05) is 0 Å². The average molecular weight is 237 g/mol. The number of thiazole rings is 1. The molecule has 0 unspecified atom stereocenters. The lowest BCUT2D eigenvalue weighted by Gasteiger charge is -1.99. The van der Waals surface area contributed by atoms with E-state index in [2.05, 4.69) is 10.1 Å². The first-order chi connectivity index (χ1) is 7.66. The summed E-state index contributed by atoms with van der Waals surface area (Å²) in [6.45, 7) is 0.184. The van der Waals surface area contributed by atoms with Crippen molar-refractivity contribution in [2.45, 2.75) is 6.54 Å². The Morgan fingerprint density at radius 1 is 1.56 bits per heavy atom. The van der Waals surface area contributed by atoms with Crippen LogP contribution in [-0.2, 0) is 6.54 Å². The van der Waals surface area contributed by atoms with Gasteiger partial charge >= 0.3 is 5.97 Å². The Morgan fingerprint density at radius 3 is 3.00 bits per heavy atom. The monoisotopic (exact) mass is 237 g/mol. The van der Waals surface area contributed by atoms with Gasteiger partial charge in [0, 0.05) is 17.6 Å². The van der Waals surface area contributed by atoms with Gasteiger partial charge in [-0.25, -0.2) is 14.5 Å². The first kappa shape index (κ1) is 10.5. The summed E-state index contributed by atoms with van der Waals surface area (Å²) in [7, 11) is 0. The van der Waals surface area contributed by atoms with Crippen LogP contribution >= 0.6 is 11.3 Å². The lowest BCUT2D eigenvalue weighted by atomic mass is 10.4. The maximum atomic E-state index is 11.3. The molecule has 0 aliphatic carbocycles. The molecule has 0 aliphatic rings. The first-order valence-corrected chi connectivity index (χ1v) is 5.24. The number of carboxylic acid groups (broad SMARTS) is 1. The third-order valence-corrected chi connectivity index (χ3v) is 2.71. The molecule has 16 heavy (non-hydrogen) atoms. The van der Waals surface area contributed by atoms with Crippen molar-refractivity contribution in [2.75, 3.05) is 0 Å². The summed E-state index contributed by atoms with van der Waals surface area (Å²) < 4.78 is 1.22. The van der Waals surface area contributed by atoms with Gasteiger partial charge in [-0.2, -0.15) is 5.10 Å². The second-order valence-electron chi connectivity index (χ2n) is 2.97. The van der Waals surface area contributed by atoms with Crippen LogP contribution < -0.4 is 5.56 Å². The number of carbonyl (C=O) groups is 1. The van der Waals surface area contributed by atoms with E-state index < -0.39 is 5.97 Å². The van der Waals surface area contributed by atoms with Gasteiger partial charge in [-0.15, -0.1) is 11.3 Å². The van der Waals surface area contributed by atoms with Crippen molar-refractivity contribution in [3.8, 4) is 0 Å². The Kier molecular flexibility index (Phi) is 2.78. The Morgan fingerprint density at radius 2 is 2.38 bits per heavy atom. The maximum Gasteiger partial charge on any atom is 0.365 e. The van der Waals surface area contributed by atoms with Crippen molar-refractivity contribution in [2.24, 2.45) is 0 Å². The number of aromatic carboxylic acids is 1. The zero-order chi connectivity index (χ0) is 11.5. The van der Waals surface area contributed by atoms with E-state index in [1.807, 2.05) is 0 Å². The van der Waals surface area contributed by atoms with E-state index in [4.69, 9.17) is 5.11 Å². The topological polar surface area (TPSA) is 85.1 Å². The third kappa shape index (κ3) is 2.14. The molecule has 82 valence electrons. The van der Waals surface area contributed by atoms with Gasteiger partial charge < -0.3 is 5.11 Å². The second kappa shape index (κ2) is 4.23. The fraction of sp³-hybridized carbons (Fsp3) is 0.111. The molecule has 0 atom stereocenters. The van der Waals surface area contributed by atoms with Crippen LogP contribution in [0, 0.1) is 0 Å². The molecule has 2 rings (SSSR count). The molecular weight excluding hydrogens is 230 g/mol. The lowest BCUT2D eigenvalue weighted by Crippen LogP contribution is -2.21. The SMILES string of the molecule is O=C(O)c1nc(Cn2ncccc2=O)cs1. The van der Waals surface area contributed by atoms with Crippen molar-refractivity contribution >= 4 is 17.3 Å². The normalized spacial score (nSPS) is 10.2. The minimum atomic E-state index is -1.07. The molecule has 2 aromatic heterocycles. The zero-order valence-corrected chi connectivity index (χ0v) is 8.85. The number of nitrogens with zero attached hydrogens (tertiary/aromatic N) is 3. The van der Waals surface area contributed by atoms with Crippen LogP contribution in [-0.4, -0.2) is 25.8 Å². The van der Waals surface area contributed by atoms with Gasteiger partial charge in [0.05, 0.1) is 12.2 Å². The number of hydrogen-bond acceptors (Lipinski definition) is 5. The van der Waals surface area contributed by atoms with E-state index in [-0.39, 0.29) is 17.1 Å². The van der Waals surface area contributed by atoms with Crippen LogP contribution in [0.25, 0.3) is 0 Å². The number of aromatic nitrogens is 3. The van der Waals surface area contributed by atoms with Crippen LogP contribution in [0.15, 0.2) is 28.5 Å². The molecule has 2 aromatic rings. The van der Waals surface area contributed by atoms with Crippen molar-refractivity contribution in [1.29, 1.82) is 0 Å². The lowest BCUT2D eigenvalue weighted by molar-refractivity contribution is 0.0696. The van der Waals surface area contributed by atoms with Gasteiger partial charge in [-0.05, 0) is 6.07 Å². The minimum absolute atomic E-state index is 0.0129. The van der Waals surface area contributed by atoms with Crippen LogP contribution in [0.2, 0.25) is 0 Å². The Hall–Kier alpha value is -2.02. The Labute approximate surface area is 93.8 Å². The highest BCUT2D eigenvalue weighted by molar-refractivity contribution is 7.11. The molecule has 0 spiro atoms. The Balaban J connectivity index is 2.24. The van der Waals surface area contributed by atoms with E-state index in [0.717, 1.165) is 11.3 Å². The van der Waals surface area contributed by atoms with Crippen molar-refractivity contribution in [3.05, 3.63) is 44.8 Å². The molecule has 0 saturated carbocycles. The molecule has 0 fully saturated rings. The predicted molar refractivity (Wildman–Crippen MR) is 56.7 cm³/mol. The molecule has 6 nitrogen and oxygen atoms in total. The summed E-state index contributed by atoms with van der Waals surface area (Å²) in [4.78, 5) is 25.8.